The third-order valence-electron chi connectivity index (χ3n) is 3.23. The van der Waals surface area contributed by atoms with Crippen LogP contribution in [0.25, 0.3) is 0 Å². The summed E-state index contributed by atoms with van der Waals surface area (Å²) in [4.78, 5) is 12.2. The Bertz CT molecular complexity index is 708. The van der Waals surface area contributed by atoms with Crippen LogP contribution in [0.15, 0.2) is 46.9 Å². The van der Waals surface area contributed by atoms with Gasteiger partial charge in [-0.2, -0.15) is 0 Å². The van der Waals surface area contributed by atoms with Crippen molar-refractivity contribution < 1.29 is 14.3 Å². The van der Waals surface area contributed by atoms with E-state index in [0.29, 0.717) is 29.5 Å². The van der Waals surface area contributed by atoms with E-state index in [4.69, 9.17) is 21.1 Å². The monoisotopic (exact) mass is 381 g/mol. The molecular formula is C16H13BrClNO3. The second-order valence-corrected chi connectivity index (χ2v) is 6.15. The summed E-state index contributed by atoms with van der Waals surface area (Å²) in [6.07, 6.45) is -0.232. The van der Waals surface area contributed by atoms with Crippen LogP contribution in [0.4, 0.5) is 0 Å². The molecule has 0 aromatic heterocycles. The van der Waals surface area contributed by atoms with Crippen LogP contribution in [-0.4, -0.2) is 25.2 Å². The molecule has 22 heavy (non-hydrogen) atoms. The first-order valence-corrected chi connectivity index (χ1v) is 7.92. The largest absolute Gasteiger partial charge is 0.486 e. The summed E-state index contributed by atoms with van der Waals surface area (Å²) in [6, 6.07) is 12.6. The number of para-hydroxylation sites is 2. The van der Waals surface area contributed by atoms with E-state index in [2.05, 4.69) is 21.2 Å². The molecule has 0 radical (unpaired) electrons. The fraction of sp³-hybridized carbons (Fsp3) is 0.188. The number of carbonyl (C=O) groups excluding carboxylic acids is 1. The minimum atomic E-state index is -0.242. The SMILES string of the molecule is O=C(NC[C@@H]1COc2ccccc2O1)c1cc(Br)ccc1Cl. The van der Waals surface area contributed by atoms with Gasteiger partial charge in [0, 0.05) is 4.47 Å². The Balaban J connectivity index is 1.61. The van der Waals surface area contributed by atoms with Crippen LogP contribution >= 0.6 is 27.5 Å². The van der Waals surface area contributed by atoms with Gasteiger partial charge < -0.3 is 14.8 Å². The van der Waals surface area contributed by atoms with Gasteiger partial charge in [-0.1, -0.05) is 39.7 Å². The Morgan fingerprint density at radius 2 is 2.05 bits per heavy atom. The van der Waals surface area contributed by atoms with Gasteiger partial charge >= 0.3 is 0 Å². The van der Waals surface area contributed by atoms with Crippen molar-refractivity contribution in [2.24, 2.45) is 0 Å². The second kappa shape index (κ2) is 6.58. The van der Waals surface area contributed by atoms with E-state index in [1.54, 1.807) is 18.2 Å². The molecule has 0 unspecified atom stereocenters. The molecule has 0 spiro atoms. The minimum Gasteiger partial charge on any atom is -0.486 e. The number of fused-ring (bicyclic) bond motifs is 1. The zero-order chi connectivity index (χ0) is 15.5. The van der Waals surface area contributed by atoms with Crippen LogP contribution in [0.2, 0.25) is 5.02 Å². The molecule has 1 atom stereocenters. The number of nitrogens with one attached hydrogen (secondary N) is 1. The molecule has 0 aliphatic carbocycles. The average molecular weight is 383 g/mol. The van der Waals surface area contributed by atoms with Gasteiger partial charge in [0.25, 0.3) is 5.91 Å². The van der Waals surface area contributed by atoms with Crippen molar-refractivity contribution in [2.75, 3.05) is 13.2 Å². The first-order valence-electron chi connectivity index (χ1n) is 6.75. The van der Waals surface area contributed by atoms with Gasteiger partial charge in [-0.15, -0.1) is 0 Å². The summed E-state index contributed by atoms with van der Waals surface area (Å²) in [5.41, 5.74) is 0.424. The Labute approximate surface area is 141 Å². The third-order valence-corrected chi connectivity index (χ3v) is 4.05. The van der Waals surface area contributed by atoms with E-state index < -0.39 is 0 Å². The molecule has 1 amide bonds. The van der Waals surface area contributed by atoms with Crippen LogP contribution in [0.5, 0.6) is 11.5 Å². The van der Waals surface area contributed by atoms with Crippen molar-refractivity contribution >= 4 is 33.4 Å². The Hall–Kier alpha value is -1.72. The summed E-state index contributed by atoms with van der Waals surface area (Å²) < 4.78 is 12.2. The van der Waals surface area contributed by atoms with Gasteiger partial charge in [0.2, 0.25) is 0 Å². The molecule has 4 nitrogen and oxygen atoms in total. The van der Waals surface area contributed by atoms with Gasteiger partial charge in [0.15, 0.2) is 11.5 Å². The van der Waals surface area contributed by atoms with E-state index in [1.165, 1.54) is 0 Å². The van der Waals surface area contributed by atoms with Crippen molar-refractivity contribution in [1.29, 1.82) is 0 Å². The quantitative estimate of drug-likeness (QED) is 0.881. The van der Waals surface area contributed by atoms with E-state index in [1.807, 2.05) is 24.3 Å². The second-order valence-electron chi connectivity index (χ2n) is 4.83. The molecule has 0 bridgehead atoms. The highest BCUT2D eigenvalue weighted by atomic mass is 79.9. The topological polar surface area (TPSA) is 47.6 Å². The maximum Gasteiger partial charge on any atom is 0.252 e. The molecule has 1 aliphatic rings. The fourth-order valence-corrected chi connectivity index (χ4v) is 2.70. The number of benzene rings is 2. The van der Waals surface area contributed by atoms with E-state index in [0.717, 1.165) is 10.2 Å². The molecule has 2 aromatic rings. The Kier molecular flexibility index (Phi) is 4.55. The average Bonchev–Trinajstić information content (AvgIpc) is 2.54. The summed E-state index contributed by atoms with van der Waals surface area (Å²) >= 11 is 9.37. The minimum absolute atomic E-state index is 0.232. The lowest BCUT2D eigenvalue weighted by atomic mass is 10.2. The van der Waals surface area contributed by atoms with Crippen molar-refractivity contribution in [3.63, 3.8) is 0 Å². The van der Waals surface area contributed by atoms with Crippen molar-refractivity contribution in [3.05, 3.63) is 57.5 Å². The van der Waals surface area contributed by atoms with Crippen LogP contribution < -0.4 is 14.8 Å². The maximum atomic E-state index is 12.2. The summed E-state index contributed by atoms with van der Waals surface area (Å²) in [5.74, 6) is 1.17. The van der Waals surface area contributed by atoms with E-state index in [-0.39, 0.29) is 12.0 Å². The number of rotatable bonds is 3. The molecule has 0 saturated carbocycles. The number of ether oxygens (including phenoxy) is 2. The predicted molar refractivity (Wildman–Crippen MR) is 87.8 cm³/mol. The lowest BCUT2D eigenvalue weighted by Crippen LogP contribution is -2.40. The number of hydrogen-bond donors (Lipinski definition) is 1. The van der Waals surface area contributed by atoms with Crippen molar-refractivity contribution in [2.45, 2.75) is 6.10 Å². The first kappa shape index (κ1) is 15.2. The van der Waals surface area contributed by atoms with Crippen LogP contribution in [0, 0.1) is 0 Å². The van der Waals surface area contributed by atoms with Gasteiger partial charge in [-0.3, -0.25) is 4.79 Å². The Morgan fingerprint density at radius 3 is 2.86 bits per heavy atom. The van der Waals surface area contributed by atoms with Crippen molar-refractivity contribution in [1.82, 2.24) is 5.32 Å². The standard InChI is InChI=1S/C16H13BrClNO3/c17-10-5-6-13(18)12(7-10)16(20)19-8-11-9-21-14-3-1-2-4-15(14)22-11/h1-7,11H,8-9H2,(H,19,20)/t11-/m1/s1. The molecule has 1 aliphatic heterocycles. The van der Waals surface area contributed by atoms with Crippen LogP contribution in [-0.2, 0) is 0 Å². The lowest BCUT2D eigenvalue weighted by Gasteiger charge is -2.26. The molecule has 114 valence electrons. The molecule has 6 heteroatoms. The highest BCUT2D eigenvalue weighted by Crippen LogP contribution is 2.30. The van der Waals surface area contributed by atoms with E-state index >= 15 is 0 Å². The summed E-state index contributed by atoms with van der Waals surface area (Å²) in [5, 5.41) is 3.23. The van der Waals surface area contributed by atoms with Crippen molar-refractivity contribution in [3.8, 4) is 11.5 Å². The predicted octanol–water partition coefficient (Wildman–Crippen LogP) is 3.67. The van der Waals surface area contributed by atoms with E-state index in [9.17, 15) is 4.79 Å². The Morgan fingerprint density at radius 1 is 1.27 bits per heavy atom. The smallest absolute Gasteiger partial charge is 0.252 e. The summed E-state index contributed by atoms with van der Waals surface area (Å²) in [6.45, 7) is 0.736. The first-order chi connectivity index (χ1) is 10.6. The van der Waals surface area contributed by atoms with Crippen LogP contribution in [0.1, 0.15) is 10.4 Å². The molecule has 0 saturated heterocycles. The molecule has 2 aromatic carbocycles. The highest BCUT2D eigenvalue weighted by Gasteiger charge is 2.21. The highest BCUT2D eigenvalue weighted by molar-refractivity contribution is 9.10. The maximum absolute atomic E-state index is 12.2. The molecule has 1 heterocycles. The fourth-order valence-electron chi connectivity index (χ4n) is 2.14. The number of amides is 1. The zero-order valence-corrected chi connectivity index (χ0v) is 13.9. The molecule has 3 rings (SSSR count). The van der Waals surface area contributed by atoms with Gasteiger partial charge in [-0.05, 0) is 30.3 Å². The molecule has 1 N–H and O–H groups in total. The molecular weight excluding hydrogens is 370 g/mol. The third kappa shape index (κ3) is 3.36. The lowest BCUT2D eigenvalue weighted by molar-refractivity contribution is 0.0789. The number of carbonyl (C=O) groups is 1. The molecule has 0 fully saturated rings. The zero-order valence-electron chi connectivity index (χ0n) is 11.5. The number of hydrogen-bond acceptors (Lipinski definition) is 3. The van der Waals surface area contributed by atoms with Gasteiger partial charge in [-0.25, -0.2) is 0 Å². The van der Waals surface area contributed by atoms with Gasteiger partial charge in [0.1, 0.15) is 12.7 Å². The number of halogens is 2. The van der Waals surface area contributed by atoms with Gasteiger partial charge in [0.05, 0.1) is 17.1 Å². The summed E-state index contributed by atoms with van der Waals surface area (Å²) in [7, 11) is 0. The normalized spacial score (nSPS) is 16.2. The van der Waals surface area contributed by atoms with Crippen LogP contribution in [0.3, 0.4) is 0 Å².